The summed E-state index contributed by atoms with van der Waals surface area (Å²) in [6, 6.07) is 10.6. The molecule has 0 radical (unpaired) electrons. The highest BCUT2D eigenvalue weighted by Crippen LogP contribution is 2.26. The summed E-state index contributed by atoms with van der Waals surface area (Å²) in [6.07, 6.45) is 3.08. The van der Waals surface area contributed by atoms with Crippen molar-refractivity contribution >= 4 is 0 Å². The summed E-state index contributed by atoms with van der Waals surface area (Å²) in [5.41, 5.74) is 6.29. The van der Waals surface area contributed by atoms with Crippen LogP contribution in [0.3, 0.4) is 0 Å². The van der Waals surface area contributed by atoms with Gasteiger partial charge in [0.05, 0.1) is 12.6 Å². The summed E-state index contributed by atoms with van der Waals surface area (Å²) in [7, 11) is 0. The Kier molecular flexibility index (Phi) is 6.09. The number of nitrogens with two attached hydrogens (primary N) is 1. The molecule has 21 heavy (non-hydrogen) atoms. The van der Waals surface area contributed by atoms with Gasteiger partial charge in [-0.05, 0) is 31.0 Å². The van der Waals surface area contributed by atoms with Crippen molar-refractivity contribution in [2.45, 2.75) is 25.3 Å². The van der Waals surface area contributed by atoms with Crippen LogP contribution in [0.1, 0.15) is 24.8 Å². The minimum Gasteiger partial charge on any atom is -0.492 e. The van der Waals surface area contributed by atoms with Gasteiger partial charge in [0.15, 0.2) is 0 Å². The minimum atomic E-state index is 0.361. The van der Waals surface area contributed by atoms with Crippen molar-refractivity contribution in [1.82, 2.24) is 4.90 Å². The molecule has 1 saturated carbocycles. The Morgan fingerprint density at radius 2 is 2.19 bits per heavy atom. The molecule has 1 aliphatic rings. The molecule has 0 bridgehead atoms. The van der Waals surface area contributed by atoms with Gasteiger partial charge in [-0.25, -0.2) is 0 Å². The molecule has 0 unspecified atom stereocenters. The molecule has 0 saturated heterocycles. The van der Waals surface area contributed by atoms with Gasteiger partial charge in [0.25, 0.3) is 0 Å². The molecular formula is C17H21N3O. The molecule has 1 fully saturated rings. The van der Waals surface area contributed by atoms with Crippen LogP contribution in [0.5, 0.6) is 5.75 Å². The van der Waals surface area contributed by atoms with Crippen LogP contribution in [0.4, 0.5) is 0 Å². The van der Waals surface area contributed by atoms with Gasteiger partial charge in [-0.3, -0.25) is 4.90 Å². The van der Waals surface area contributed by atoms with Gasteiger partial charge >= 0.3 is 0 Å². The third kappa shape index (κ3) is 5.47. The molecule has 2 rings (SSSR count). The Labute approximate surface area is 126 Å². The van der Waals surface area contributed by atoms with Crippen molar-refractivity contribution in [1.29, 1.82) is 5.26 Å². The second-order valence-electron chi connectivity index (χ2n) is 5.06. The van der Waals surface area contributed by atoms with E-state index in [4.69, 9.17) is 15.7 Å². The predicted molar refractivity (Wildman–Crippen MR) is 82.7 cm³/mol. The third-order valence-corrected chi connectivity index (χ3v) is 3.39. The molecule has 1 aromatic carbocycles. The van der Waals surface area contributed by atoms with Crippen LogP contribution in [0.25, 0.3) is 0 Å². The summed E-state index contributed by atoms with van der Waals surface area (Å²) in [5, 5.41) is 8.69. The van der Waals surface area contributed by atoms with E-state index in [0.29, 0.717) is 25.6 Å². The van der Waals surface area contributed by atoms with E-state index < -0.39 is 0 Å². The molecule has 0 aliphatic heterocycles. The maximum Gasteiger partial charge on any atom is 0.120 e. The molecule has 0 aromatic heterocycles. The lowest BCUT2D eigenvalue weighted by molar-refractivity contribution is 0.204. The summed E-state index contributed by atoms with van der Waals surface area (Å²) < 4.78 is 5.79. The van der Waals surface area contributed by atoms with E-state index in [1.807, 2.05) is 24.3 Å². The summed E-state index contributed by atoms with van der Waals surface area (Å²) in [4.78, 5) is 2.35. The van der Waals surface area contributed by atoms with E-state index in [-0.39, 0.29) is 0 Å². The quantitative estimate of drug-likeness (QED) is 0.774. The normalized spacial score (nSPS) is 13.4. The second kappa shape index (κ2) is 8.32. The Hall–Kier alpha value is -2.01. The van der Waals surface area contributed by atoms with Crippen LogP contribution in [0.15, 0.2) is 24.3 Å². The van der Waals surface area contributed by atoms with Crippen molar-refractivity contribution in [3.8, 4) is 23.7 Å². The van der Waals surface area contributed by atoms with Crippen LogP contribution in [-0.4, -0.2) is 37.2 Å². The fourth-order valence-corrected chi connectivity index (χ4v) is 2.21. The summed E-state index contributed by atoms with van der Waals surface area (Å²) in [6.45, 7) is 2.70. The molecule has 0 atom stereocenters. The first-order valence-electron chi connectivity index (χ1n) is 7.36. The smallest absolute Gasteiger partial charge is 0.120 e. The van der Waals surface area contributed by atoms with Crippen molar-refractivity contribution in [2.75, 3.05) is 26.2 Å². The summed E-state index contributed by atoms with van der Waals surface area (Å²) >= 11 is 0. The lowest BCUT2D eigenvalue weighted by atomic mass is 10.2. The Balaban J connectivity index is 1.80. The van der Waals surface area contributed by atoms with E-state index in [0.717, 1.165) is 24.4 Å². The highest BCUT2D eigenvalue weighted by molar-refractivity contribution is 5.39. The number of hydrogen-bond acceptors (Lipinski definition) is 4. The zero-order valence-corrected chi connectivity index (χ0v) is 12.2. The average molecular weight is 283 g/mol. The molecule has 4 heteroatoms. The minimum absolute atomic E-state index is 0.361. The van der Waals surface area contributed by atoms with Crippen LogP contribution in [0.2, 0.25) is 0 Å². The number of rotatable bonds is 7. The SMILES string of the molecule is N#CCCN(CCOc1cccc(C#CCN)c1)C1CC1. The van der Waals surface area contributed by atoms with Crippen LogP contribution < -0.4 is 10.5 Å². The molecule has 2 N–H and O–H groups in total. The molecule has 1 aliphatic carbocycles. The molecule has 0 spiro atoms. The fourth-order valence-electron chi connectivity index (χ4n) is 2.21. The molecule has 0 amide bonds. The van der Waals surface area contributed by atoms with E-state index in [1.165, 1.54) is 12.8 Å². The average Bonchev–Trinajstić information content (AvgIpc) is 3.34. The molecule has 110 valence electrons. The molecule has 4 nitrogen and oxygen atoms in total. The first-order chi connectivity index (χ1) is 10.3. The van der Waals surface area contributed by atoms with E-state index >= 15 is 0 Å². The number of benzene rings is 1. The second-order valence-corrected chi connectivity index (χ2v) is 5.06. The number of nitrogens with zero attached hydrogens (tertiary/aromatic N) is 2. The first-order valence-corrected chi connectivity index (χ1v) is 7.36. The number of nitriles is 1. The van der Waals surface area contributed by atoms with Gasteiger partial charge in [0.1, 0.15) is 12.4 Å². The largest absolute Gasteiger partial charge is 0.492 e. The molecule has 1 aromatic rings. The standard InChI is InChI=1S/C17H21N3O/c18-9-2-5-15-4-1-6-17(14-15)21-13-12-20(11-3-10-19)16-7-8-16/h1,4,6,14,16H,3,7-9,11-13,18H2. The Bertz CT molecular complexity index is 549. The topological polar surface area (TPSA) is 62.3 Å². The van der Waals surface area contributed by atoms with Crippen LogP contribution in [-0.2, 0) is 0 Å². The third-order valence-electron chi connectivity index (χ3n) is 3.39. The Morgan fingerprint density at radius 3 is 2.90 bits per heavy atom. The monoisotopic (exact) mass is 283 g/mol. The fraction of sp³-hybridized carbons (Fsp3) is 0.471. The van der Waals surface area contributed by atoms with E-state index in [2.05, 4.69) is 22.8 Å². The van der Waals surface area contributed by atoms with Crippen LogP contribution >= 0.6 is 0 Å². The number of hydrogen-bond donors (Lipinski definition) is 1. The molecule has 0 heterocycles. The number of ether oxygens (including phenoxy) is 1. The lowest BCUT2D eigenvalue weighted by Crippen LogP contribution is -2.31. The van der Waals surface area contributed by atoms with Gasteiger partial charge in [-0.1, -0.05) is 17.9 Å². The van der Waals surface area contributed by atoms with Gasteiger partial charge < -0.3 is 10.5 Å². The lowest BCUT2D eigenvalue weighted by Gasteiger charge is -2.20. The van der Waals surface area contributed by atoms with Crippen molar-refractivity contribution in [3.63, 3.8) is 0 Å². The summed E-state index contributed by atoms with van der Waals surface area (Å²) in [5.74, 6) is 6.66. The first kappa shape index (κ1) is 15.4. The molecular weight excluding hydrogens is 262 g/mol. The van der Waals surface area contributed by atoms with E-state index in [9.17, 15) is 0 Å². The maximum atomic E-state index is 8.69. The highest BCUT2D eigenvalue weighted by Gasteiger charge is 2.28. The van der Waals surface area contributed by atoms with Gasteiger partial charge in [-0.2, -0.15) is 5.26 Å². The Morgan fingerprint density at radius 1 is 1.33 bits per heavy atom. The van der Waals surface area contributed by atoms with Crippen molar-refractivity contribution in [3.05, 3.63) is 29.8 Å². The van der Waals surface area contributed by atoms with Crippen molar-refractivity contribution in [2.24, 2.45) is 5.73 Å². The predicted octanol–water partition coefficient (Wildman–Crippen LogP) is 1.75. The van der Waals surface area contributed by atoms with Gasteiger partial charge in [0.2, 0.25) is 0 Å². The van der Waals surface area contributed by atoms with Crippen molar-refractivity contribution < 1.29 is 4.74 Å². The van der Waals surface area contributed by atoms with Gasteiger partial charge in [-0.15, -0.1) is 0 Å². The zero-order chi connectivity index (χ0) is 14.9. The van der Waals surface area contributed by atoms with Crippen LogP contribution in [0, 0.1) is 23.2 Å². The van der Waals surface area contributed by atoms with Gasteiger partial charge in [0, 0.05) is 31.1 Å². The zero-order valence-electron chi connectivity index (χ0n) is 12.2. The van der Waals surface area contributed by atoms with E-state index in [1.54, 1.807) is 0 Å². The highest BCUT2D eigenvalue weighted by atomic mass is 16.5. The maximum absolute atomic E-state index is 8.69.